The Morgan fingerprint density at radius 2 is 1.72 bits per heavy atom. The number of nitrogens with zero attached hydrogens (tertiary/aromatic N) is 3. The van der Waals surface area contributed by atoms with Crippen LogP contribution in [0.1, 0.15) is 0 Å². The zero-order valence-electron chi connectivity index (χ0n) is 10.6. The molecule has 1 fully saturated rings. The lowest BCUT2D eigenvalue weighted by Crippen LogP contribution is -2.44. The zero-order valence-corrected chi connectivity index (χ0v) is 10.6. The van der Waals surface area contributed by atoms with Crippen molar-refractivity contribution in [2.75, 3.05) is 38.1 Å². The fourth-order valence-electron chi connectivity index (χ4n) is 2.34. The number of hydrogen-bond donors (Lipinski definition) is 1. The minimum absolute atomic E-state index is 1.11. The molecule has 1 aromatic heterocycles. The fraction of sp³-hybridized carbons (Fsp3) is 0.357. The molecular formula is C14H18N4. The first-order chi connectivity index (χ1) is 8.83. The van der Waals surface area contributed by atoms with E-state index in [-0.39, 0.29) is 0 Å². The number of piperazine rings is 1. The van der Waals surface area contributed by atoms with Crippen LogP contribution in [0.15, 0.2) is 36.7 Å². The first kappa shape index (κ1) is 11.3. The number of rotatable bonds is 2. The molecular weight excluding hydrogens is 224 g/mol. The van der Waals surface area contributed by atoms with E-state index in [9.17, 15) is 0 Å². The Labute approximate surface area is 107 Å². The zero-order chi connectivity index (χ0) is 12.4. The van der Waals surface area contributed by atoms with Crippen LogP contribution < -0.4 is 4.90 Å². The third-order valence-corrected chi connectivity index (χ3v) is 3.57. The number of benzene rings is 1. The van der Waals surface area contributed by atoms with Crippen molar-refractivity contribution < 1.29 is 0 Å². The molecule has 1 aliphatic rings. The largest absolute Gasteiger partial charge is 0.369 e. The van der Waals surface area contributed by atoms with Crippen molar-refractivity contribution in [1.29, 1.82) is 0 Å². The van der Waals surface area contributed by atoms with Crippen molar-refractivity contribution >= 4 is 5.69 Å². The Balaban J connectivity index is 1.75. The SMILES string of the molecule is CN1CCN(c2ccc(-c3cn[nH]c3)cc2)CC1. The van der Waals surface area contributed by atoms with Gasteiger partial charge in [0.15, 0.2) is 0 Å². The van der Waals surface area contributed by atoms with Crippen LogP contribution in [-0.2, 0) is 0 Å². The first-order valence-electron chi connectivity index (χ1n) is 6.35. The molecule has 0 bridgehead atoms. The molecule has 2 aromatic rings. The molecule has 0 atom stereocenters. The summed E-state index contributed by atoms with van der Waals surface area (Å²) in [6, 6.07) is 8.73. The van der Waals surface area contributed by atoms with E-state index < -0.39 is 0 Å². The number of aromatic amines is 1. The average molecular weight is 242 g/mol. The quantitative estimate of drug-likeness (QED) is 0.872. The standard InChI is InChI=1S/C14H18N4/c1-17-6-8-18(9-7-17)14-4-2-12(3-5-14)13-10-15-16-11-13/h2-5,10-11H,6-9H2,1H3,(H,15,16). The van der Waals surface area contributed by atoms with Gasteiger partial charge in [-0.3, -0.25) is 5.10 Å². The second-order valence-corrected chi connectivity index (χ2v) is 4.82. The summed E-state index contributed by atoms with van der Waals surface area (Å²) in [4.78, 5) is 4.81. The molecule has 4 heteroatoms. The van der Waals surface area contributed by atoms with Gasteiger partial charge in [0.1, 0.15) is 0 Å². The van der Waals surface area contributed by atoms with Gasteiger partial charge >= 0.3 is 0 Å². The van der Waals surface area contributed by atoms with Crippen molar-refractivity contribution in [3.05, 3.63) is 36.7 Å². The lowest BCUT2D eigenvalue weighted by Gasteiger charge is -2.34. The predicted octanol–water partition coefficient (Wildman–Crippen LogP) is 1.83. The van der Waals surface area contributed by atoms with Crippen LogP contribution in [0.25, 0.3) is 11.1 Å². The summed E-state index contributed by atoms with van der Waals surface area (Å²) < 4.78 is 0. The van der Waals surface area contributed by atoms with Crippen LogP contribution in [0.5, 0.6) is 0 Å². The van der Waals surface area contributed by atoms with Gasteiger partial charge in [-0.25, -0.2) is 0 Å². The van der Waals surface area contributed by atoms with Gasteiger partial charge in [-0.05, 0) is 24.7 Å². The summed E-state index contributed by atoms with van der Waals surface area (Å²) in [7, 11) is 2.18. The maximum absolute atomic E-state index is 3.98. The van der Waals surface area contributed by atoms with Crippen LogP contribution in [0.3, 0.4) is 0 Å². The molecule has 1 aliphatic heterocycles. The maximum Gasteiger partial charge on any atom is 0.0565 e. The van der Waals surface area contributed by atoms with E-state index in [1.54, 1.807) is 0 Å². The minimum atomic E-state index is 1.11. The Morgan fingerprint density at radius 3 is 2.33 bits per heavy atom. The van der Waals surface area contributed by atoms with E-state index in [0.717, 1.165) is 31.7 Å². The molecule has 0 saturated carbocycles. The molecule has 18 heavy (non-hydrogen) atoms. The lowest BCUT2D eigenvalue weighted by atomic mass is 10.1. The summed E-state index contributed by atoms with van der Waals surface area (Å²) in [6.45, 7) is 4.51. The molecule has 1 N–H and O–H groups in total. The number of likely N-dealkylation sites (N-methyl/N-ethyl adjacent to an activating group) is 1. The summed E-state index contributed by atoms with van der Waals surface area (Å²) in [5.41, 5.74) is 3.66. The molecule has 0 radical (unpaired) electrons. The fourth-order valence-corrected chi connectivity index (χ4v) is 2.34. The number of nitrogens with one attached hydrogen (secondary N) is 1. The third kappa shape index (κ3) is 2.24. The Bertz CT molecular complexity index is 481. The molecule has 2 heterocycles. The second-order valence-electron chi connectivity index (χ2n) is 4.82. The van der Waals surface area contributed by atoms with E-state index in [4.69, 9.17) is 0 Å². The van der Waals surface area contributed by atoms with Crippen molar-refractivity contribution in [3.63, 3.8) is 0 Å². The highest BCUT2D eigenvalue weighted by molar-refractivity contribution is 5.65. The van der Waals surface area contributed by atoms with Crippen molar-refractivity contribution in [2.24, 2.45) is 0 Å². The van der Waals surface area contributed by atoms with Crippen LogP contribution in [0.4, 0.5) is 5.69 Å². The molecule has 0 spiro atoms. The molecule has 1 aromatic carbocycles. The molecule has 4 nitrogen and oxygen atoms in total. The Hall–Kier alpha value is -1.81. The lowest BCUT2D eigenvalue weighted by molar-refractivity contribution is 0.313. The summed E-state index contributed by atoms with van der Waals surface area (Å²) >= 11 is 0. The first-order valence-corrected chi connectivity index (χ1v) is 6.35. The van der Waals surface area contributed by atoms with Crippen molar-refractivity contribution in [2.45, 2.75) is 0 Å². The number of aromatic nitrogens is 2. The monoisotopic (exact) mass is 242 g/mol. The highest BCUT2D eigenvalue weighted by atomic mass is 15.2. The highest BCUT2D eigenvalue weighted by Crippen LogP contribution is 2.22. The molecule has 0 amide bonds. The van der Waals surface area contributed by atoms with Crippen LogP contribution in [0, 0.1) is 0 Å². The average Bonchev–Trinajstić information content (AvgIpc) is 2.94. The Kier molecular flexibility index (Phi) is 3.02. The highest BCUT2D eigenvalue weighted by Gasteiger charge is 2.13. The number of anilines is 1. The third-order valence-electron chi connectivity index (χ3n) is 3.57. The van der Waals surface area contributed by atoms with E-state index in [1.165, 1.54) is 11.3 Å². The van der Waals surface area contributed by atoms with E-state index >= 15 is 0 Å². The predicted molar refractivity (Wildman–Crippen MR) is 73.7 cm³/mol. The smallest absolute Gasteiger partial charge is 0.0565 e. The van der Waals surface area contributed by atoms with E-state index in [0.29, 0.717) is 0 Å². The topological polar surface area (TPSA) is 35.2 Å². The van der Waals surface area contributed by atoms with Crippen LogP contribution in [0.2, 0.25) is 0 Å². The van der Waals surface area contributed by atoms with Crippen LogP contribution >= 0.6 is 0 Å². The van der Waals surface area contributed by atoms with Gasteiger partial charge in [0.05, 0.1) is 6.20 Å². The van der Waals surface area contributed by atoms with Gasteiger partial charge in [0.25, 0.3) is 0 Å². The van der Waals surface area contributed by atoms with Gasteiger partial charge in [-0.15, -0.1) is 0 Å². The van der Waals surface area contributed by atoms with Gasteiger partial charge in [0, 0.05) is 43.6 Å². The molecule has 94 valence electrons. The minimum Gasteiger partial charge on any atom is -0.369 e. The molecule has 0 unspecified atom stereocenters. The van der Waals surface area contributed by atoms with Gasteiger partial charge < -0.3 is 9.80 Å². The molecule has 0 aliphatic carbocycles. The maximum atomic E-state index is 3.98. The number of hydrogen-bond acceptors (Lipinski definition) is 3. The van der Waals surface area contributed by atoms with Gasteiger partial charge in [0.2, 0.25) is 0 Å². The summed E-state index contributed by atoms with van der Waals surface area (Å²) in [5, 5.41) is 6.82. The second kappa shape index (κ2) is 4.82. The molecule has 3 rings (SSSR count). The Morgan fingerprint density at radius 1 is 1.00 bits per heavy atom. The summed E-state index contributed by atoms with van der Waals surface area (Å²) in [6.07, 6.45) is 3.77. The van der Waals surface area contributed by atoms with Crippen molar-refractivity contribution in [3.8, 4) is 11.1 Å². The normalized spacial score (nSPS) is 17.1. The van der Waals surface area contributed by atoms with Gasteiger partial charge in [-0.1, -0.05) is 12.1 Å². The van der Waals surface area contributed by atoms with E-state index in [1.807, 2.05) is 12.4 Å². The van der Waals surface area contributed by atoms with Crippen LogP contribution in [-0.4, -0.2) is 48.3 Å². The molecule has 1 saturated heterocycles. The summed E-state index contributed by atoms with van der Waals surface area (Å²) in [5.74, 6) is 0. The van der Waals surface area contributed by atoms with Gasteiger partial charge in [-0.2, -0.15) is 5.10 Å². The van der Waals surface area contributed by atoms with E-state index in [2.05, 4.69) is 51.3 Å². The van der Waals surface area contributed by atoms with Crippen molar-refractivity contribution in [1.82, 2.24) is 15.1 Å². The number of H-pyrrole nitrogens is 1.